The predicted molar refractivity (Wildman–Crippen MR) is 190 cm³/mol. The molecule has 6 aromatic rings. The minimum atomic E-state index is 1.14. The van der Waals surface area contributed by atoms with Gasteiger partial charge in [-0.2, -0.15) is 0 Å². The van der Waals surface area contributed by atoms with Crippen molar-refractivity contribution >= 4 is 34.1 Å². The third kappa shape index (κ3) is 6.31. The fourth-order valence-electron chi connectivity index (χ4n) is 6.05. The molecule has 0 aliphatic rings. The normalized spacial score (nSPS) is 11.0. The molecule has 6 aromatic carbocycles. The molecular formula is C42H40N2. The smallest absolute Gasteiger partial charge is 0.0466 e. The van der Waals surface area contributed by atoms with Crippen molar-refractivity contribution in [3.63, 3.8) is 0 Å². The number of nitrogens with zero attached hydrogens (tertiary/aromatic N) is 2. The van der Waals surface area contributed by atoms with Gasteiger partial charge in [-0.3, -0.25) is 0 Å². The molecule has 0 spiro atoms. The molecule has 0 bridgehead atoms. The van der Waals surface area contributed by atoms with Crippen molar-refractivity contribution < 1.29 is 0 Å². The molecule has 0 aliphatic heterocycles. The molecule has 218 valence electrons. The third-order valence-electron chi connectivity index (χ3n) is 8.10. The largest absolute Gasteiger partial charge is 0.310 e. The summed E-state index contributed by atoms with van der Waals surface area (Å²) < 4.78 is 0. The molecule has 0 saturated carbocycles. The molecule has 0 N–H and O–H groups in total. The third-order valence-corrected chi connectivity index (χ3v) is 8.10. The van der Waals surface area contributed by atoms with E-state index in [1.54, 1.807) is 0 Å². The van der Waals surface area contributed by atoms with E-state index in [1.807, 2.05) is 0 Å². The Kier molecular flexibility index (Phi) is 8.09. The zero-order chi connectivity index (χ0) is 30.8. The first-order valence-corrected chi connectivity index (χ1v) is 15.3. The minimum absolute atomic E-state index is 1.14. The summed E-state index contributed by atoms with van der Waals surface area (Å²) in [6.45, 7) is 12.9. The Hall–Kier alpha value is -5.08. The molecule has 44 heavy (non-hydrogen) atoms. The number of anilines is 6. The molecule has 0 aromatic heterocycles. The topological polar surface area (TPSA) is 6.48 Å². The van der Waals surface area contributed by atoms with Crippen molar-refractivity contribution in [2.45, 2.75) is 41.5 Å². The highest BCUT2D eigenvalue weighted by Gasteiger charge is 2.15. The summed E-state index contributed by atoms with van der Waals surface area (Å²) in [4.78, 5) is 4.69. The molecule has 0 aliphatic carbocycles. The van der Waals surface area contributed by atoms with Crippen LogP contribution in [0.5, 0.6) is 0 Å². The van der Waals surface area contributed by atoms with Crippen molar-refractivity contribution in [1.29, 1.82) is 0 Å². The molecule has 2 heteroatoms. The van der Waals surface area contributed by atoms with Crippen molar-refractivity contribution in [1.82, 2.24) is 0 Å². The molecule has 0 heterocycles. The van der Waals surface area contributed by atoms with Crippen molar-refractivity contribution in [3.8, 4) is 11.1 Å². The lowest BCUT2D eigenvalue weighted by Gasteiger charge is -2.27. The summed E-state index contributed by atoms with van der Waals surface area (Å²) in [6, 6.07) is 48.9. The molecule has 0 atom stereocenters. The summed E-state index contributed by atoms with van der Waals surface area (Å²) in [5.74, 6) is 0. The number of aryl methyl sites for hydroxylation is 6. The van der Waals surface area contributed by atoms with Gasteiger partial charge in [0.15, 0.2) is 0 Å². The standard InChI is InChI=1S/C42H40N2/c1-29-7-15-37(16-8-29)43(41-25-31(3)23-32(4)26-41)39-19-11-35(12-20-39)36-13-21-40(22-14-36)44(38-17-9-30(2)10-18-38)42-27-33(5)24-34(6)28-42/h7-28H,1-6H3. The second-order valence-corrected chi connectivity index (χ2v) is 12.1. The molecule has 0 fully saturated rings. The Bertz CT molecular complexity index is 1700. The first-order valence-electron chi connectivity index (χ1n) is 15.3. The van der Waals surface area contributed by atoms with Crippen LogP contribution in [0.4, 0.5) is 34.1 Å². The number of hydrogen-bond donors (Lipinski definition) is 0. The van der Waals surface area contributed by atoms with Crippen LogP contribution in [0, 0.1) is 41.5 Å². The maximum atomic E-state index is 2.34. The number of benzene rings is 6. The zero-order valence-corrected chi connectivity index (χ0v) is 26.6. The predicted octanol–water partition coefficient (Wildman–Crippen LogP) is 12.1. The van der Waals surface area contributed by atoms with Crippen LogP contribution >= 0.6 is 0 Å². The Labute approximate surface area is 262 Å². The van der Waals surface area contributed by atoms with Crippen molar-refractivity contribution in [2.24, 2.45) is 0 Å². The van der Waals surface area contributed by atoms with Gasteiger partial charge in [0.25, 0.3) is 0 Å². The molecule has 0 saturated heterocycles. The average Bonchev–Trinajstić information content (AvgIpc) is 2.99. The van der Waals surface area contributed by atoms with E-state index >= 15 is 0 Å². The van der Waals surface area contributed by atoms with E-state index in [2.05, 4.69) is 185 Å². The number of rotatable bonds is 7. The molecule has 6 rings (SSSR count). The van der Waals surface area contributed by atoms with Crippen molar-refractivity contribution in [3.05, 3.63) is 167 Å². The Morgan fingerprint density at radius 1 is 0.250 bits per heavy atom. The second kappa shape index (κ2) is 12.3. The maximum Gasteiger partial charge on any atom is 0.0466 e. The second-order valence-electron chi connectivity index (χ2n) is 12.1. The molecule has 0 amide bonds. The monoisotopic (exact) mass is 572 g/mol. The van der Waals surface area contributed by atoms with Gasteiger partial charge < -0.3 is 9.80 Å². The first kappa shape index (κ1) is 29.0. The van der Waals surface area contributed by atoms with Gasteiger partial charge in [0.05, 0.1) is 0 Å². The summed E-state index contributed by atoms with van der Waals surface area (Å²) in [6.07, 6.45) is 0. The van der Waals surface area contributed by atoms with Gasteiger partial charge in [-0.25, -0.2) is 0 Å². The lowest BCUT2D eigenvalue weighted by atomic mass is 10.0. The average molecular weight is 573 g/mol. The van der Waals surface area contributed by atoms with E-state index in [4.69, 9.17) is 0 Å². The Morgan fingerprint density at radius 3 is 0.773 bits per heavy atom. The lowest BCUT2D eigenvalue weighted by Crippen LogP contribution is -2.10. The molecule has 2 nitrogen and oxygen atoms in total. The van der Waals surface area contributed by atoms with Crippen molar-refractivity contribution in [2.75, 3.05) is 9.80 Å². The van der Waals surface area contributed by atoms with Crippen LogP contribution in [0.1, 0.15) is 33.4 Å². The first-order chi connectivity index (χ1) is 21.2. The summed E-state index contributed by atoms with van der Waals surface area (Å²) in [5, 5.41) is 0. The van der Waals surface area contributed by atoms with Crippen LogP contribution < -0.4 is 9.80 Å². The van der Waals surface area contributed by atoms with Gasteiger partial charge in [-0.05, 0) is 148 Å². The van der Waals surface area contributed by atoms with Gasteiger partial charge in [-0.1, -0.05) is 71.8 Å². The zero-order valence-electron chi connectivity index (χ0n) is 26.6. The van der Waals surface area contributed by atoms with Crippen LogP contribution in [-0.2, 0) is 0 Å². The molecule has 0 unspecified atom stereocenters. The van der Waals surface area contributed by atoms with Crippen LogP contribution in [-0.4, -0.2) is 0 Å². The highest BCUT2D eigenvalue weighted by Crippen LogP contribution is 2.39. The van der Waals surface area contributed by atoms with Gasteiger partial charge in [0.2, 0.25) is 0 Å². The van der Waals surface area contributed by atoms with E-state index in [-0.39, 0.29) is 0 Å². The van der Waals surface area contributed by atoms with Gasteiger partial charge >= 0.3 is 0 Å². The lowest BCUT2D eigenvalue weighted by molar-refractivity contribution is 1.25. The fraction of sp³-hybridized carbons (Fsp3) is 0.143. The fourth-order valence-corrected chi connectivity index (χ4v) is 6.05. The van der Waals surface area contributed by atoms with Crippen LogP contribution in [0.15, 0.2) is 133 Å². The van der Waals surface area contributed by atoms with Crippen LogP contribution in [0.3, 0.4) is 0 Å². The maximum absolute atomic E-state index is 2.34. The Balaban J connectivity index is 1.34. The number of hydrogen-bond acceptors (Lipinski definition) is 2. The van der Waals surface area contributed by atoms with Gasteiger partial charge in [0, 0.05) is 34.1 Å². The molecular weight excluding hydrogens is 532 g/mol. The van der Waals surface area contributed by atoms with Crippen LogP contribution in [0.2, 0.25) is 0 Å². The quantitative estimate of drug-likeness (QED) is 0.188. The minimum Gasteiger partial charge on any atom is -0.310 e. The van der Waals surface area contributed by atoms with E-state index in [1.165, 1.54) is 55.9 Å². The highest BCUT2D eigenvalue weighted by molar-refractivity contribution is 5.81. The Morgan fingerprint density at radius 2 is 0.500 bits per heavy atom. The van der Waals surface area contributed by atoms with E-state index in [0.717, 1.165) is 22.7 Å². The van der Waals surface area contributed by atoms with E-state index in [9.17, 15) is 0 Å². The summed E-state index contributed by atoms with van der Waals surface area (Å²) >= 11 is 0. The van der Waals surface area contributed by atoms with Gasteiger partial charge in [0.1, 0.15) is 0 Å². The van der Waals surface area contributed by atoms with Crippen LogP contribution in [0.25, 0.3) is 11.1 Å². The summed E-state index contributed by atoms with van der Waals surface area (Å²) in [7, 11) is 0. The molecule has 0 radical (unpaired) electrons. The highest BCUT2D eigenvalue weighted by atomic mass is 15.1. The van der Waals surface area contributed by atoms with E-state index in [0.29, 0.717) is 0 Å². The SMILES string of the molecule is Cc1ccc(N(c2ccc(-c3ccc(N(c4ccc(C)cc4)c4cc(C)cc(C)c4)cc3)cc2)c2cc(C)cc(C)c2)cc1. The van der Waals surface area contributed by atoms with Gasteiger partial charge in [-0.15, -0.1) is 0 Å². The summed E-state index contributed by atoms with van der Waals surface area (Å²) in [5.41, 5.74) is 16.9. The van der Waals surface area contributed by atoms with E-state index < -0.39 is 0 Å².